The quantitative estimate of drug-likeness (QED) is 0.387. The molecule has 2 unspecified atom stereocenters. The first-order chi connectivity index (χ1) is 15.5. The molecule has 5 aliphatic rings. The first-order valence-corrected chi connectivity index (χ1v) is 14.1. The first kappa shape index (κ1) is 24.8. The zero-order valence-corrected chi connectivity index (χ0v) is 23.2. The molecule has 0 aromatic rings. The van der Waals surface area contributed by atoms with Gasteiger partial charge in [-0.15, -0.1) is 0 Å². The molecule has 3 heteroatoms. The van der Waals surface area contributed by atoms with Gasteiger partial charge in [0, 0.05) is 0 Å². The monoisotopic (exact) mass is 470 g/mol. The van der Waals surface area contributed by atoms with Gasteiger partial charge in [0.05, 0.1) is 11.0 Å². The number of carboxylic acids is 1. The molecule has 0 aromatic heterocycles. The van der Waals surface area contributed by atoms with Crippen molar-refractivity contribution in [3.05, 3.63) is 11.6 Å². The summed E-state index contributed by atoms with van der Waals surface area (Å²) in [6.45, 7) is 18.7. The number of rotatable bonds is 1. The molecule has 192 valence electrons. The molecule has 0 aromatic carbocycles. The summed E-state index contributed by atoms with van der Waals surface area (Å²) < 4.78 is 0. The Morgan fingerprint density at radius 1 is 0.853 bits per heavy atom. The van der Waals surface area contributed by atoms with E-state index < -0.39 is 17.0 Å². The Morgan fingerprint density at radius 2 is 1.50 bits per heavy atom. The Labute approximate surface area is 208 Å². The lowest BCUT2D eigenvalue weighted by Gasteiger charge is -2.71. The number of aliphatic hydroxyl groups is 1. The normalized spacial score (nSPS) is 56.3. The predicted octanol–water partition coefficient (Wildman–Crippen LogP) is 7.62. The van der Waals surface area contributed by atoms with E-state index >= 15 is 0 Å². The van der Waals surface area contributed by atoms with E-state index in [4.69, 9.17) is 0 Å². The lowest BCUT2D eigenvalue weighted by molar-refractivity contribution is -0.239. The summed E-state index contributed by atoms with van der Waals surface area (Å²) in [7, 11) is 0. The van der Waals surface area contributed by atoms with E-state index in [2.05, 4.69) is 47.6 Å². The maximum absolute atomic E-state index is 12.7. The predicted molar refractivity (Wildman–Crippen MR) is 137 cm³/mol. The Kier molecular flexibility index (Phi) is 5.06. The zero-order valence-electron chi connectivity index (χ0n) is 23.2. The minimum Gasteiger partial charge on any atom is -0.481 e. The highest BCUT2D eigenvalue weighted by Gasteiger charge is 2.71. The largest absolute Gasteiger partial charge is 0.481 e. The lowest BCUT2D eigenvalue weighted by Crippen LogP contribution is -2.68. The summed E-state index contributed by atoms with van der Waals surface area (Å²) >= 11 is 0. The van der Waals surface area contributed by atoms with E-state index in [-0.39, 0.29) is 22.2 Å². The molecule has 5 aliphatic carbocycles. The minimum absolute atomic E-state index is 0.0142. The van der Waals surface area contributed by atoms with Crippen molar-refractivity contribution in [3.63, 3.8) is 0 Å². The van der Waals surface area contributed by atoms with Crippen molar-refractivity contribution < 1.29 is 15.0 Å². The van der Waals surface area contributed by atoms with Gasteiger partial charge in [-0.05, 0) is 123 Å². The van der Waals surface area contributed by atoms with Crippen LogP contribution in [0.25, 0.3) is 0 Å². The van der Waals surface area contributed by atoms with Crippen LogP contribution in [-0.4, -0.2) is 21.8 Å². The van der Waals surface area contributed by atoms with Crippen LogP contribution in [0.2, 0.25) is 0 Å². The molecule has 34 heavy (non-hydrogen) atoms. The third-order valence-corrected chi connectivity index (χ3v) is 13.7. The number of carboxylic acid groups (broad SMARTS) is 1. The van der Waals surface area contributed by atoms with Gasteiger partial charge in [-0.3, -0.25) is 4.79 Å². The molecule has 5 rings (SSSR count). The Hall–Kier alpha value is -0.830. The molecule has 0 radical (unpaired) electrons. The van der Waals surface area contributed by atoms with Gasteiger partial charge in [-0.1, -0.05) is 53.2 Å². The maximum Gasteiger partial charge on any atom is 0.312 e. The molecule has 4 fully saturated rings. The van der Waals surface area contributed by atoms with Gasteiger partial charge in [0.2, 0.25) is 0 Å². The fourth-order valence-corrected chi connectivity index (χ4v) is 10.7. The van der Waals surface area contributed by atoms with Gasteiger partial charge in [-0.25, -0.2) is 0 Å². The van der Waals surface area contributed by atoms with Crippen LogP contribution < -0.4 is 0 Å². The summed E-state index contributed by atoms with van der Waals surface area (Å²) in [5, 5.41) is 21.7. The SMILES string of the molecule is CC1(C)CC[C@]2(C)CC[C@]3(C)C(=CCC4[C@@]5(C)CC[C@](C)(O)[C@](C)(C(=O)O)C5CC[C@]43C)[C@H]2C1. The van der Waals surface area contributed by atoms with Gasteiger partial charge in [0.25, 0.3) is 0 Å². The molecule has 0 bridgehead atoms. The average molecular weight is 471 g/mol. The highest BCUT2D eigenvalue weighted by atomic mass is 16.4. The zero-order chi connectivity index (χ0) is 25.2. The van der Waals surface area contributed by atoms with Crippen LogP contribution in [0.15, 0.2) is 11.6 Å². The van der Waals surface area contributed by atoms with Crippen LogP contribution in [0.4, 0.5) is 0 Å². The van der Waals surface area contributed by atoms with E-state index in [1.807, 2.05) is 6.92 Å². The van der Waals surface area contributed by atoms with Gasteiger partial charge >= 0.3 is 5.97 Å². The van der Waals surface area contributed by atoms with Gasteiger partial charge in [0.1, 0.15) is 0 Å². The molecule has 0 amide bonds. The summed E-state index contributed by atoms with van der Waals surface area (Å²) in [5.74, 6) is 0.367. The van der Waals surface area contributed by atoms with E-state index in [1.54, 1.807) is 12.5 Å². The molecule has 3 nitrogen and oxygen atoms in total. The van der Waals surface area contributed by atoms with Crippen LogP contribution in [0.5, 0.6) is 0 Å². The van der Waals surface area contributed by atoms with E-state index in [9.17, 15) is 15.0 Å². The molecule has 2 N–H and O–H groups in total. The van der Waals surface area contributed by atoms with Crippen LogP contribution >= 0.6 is 0 Å². The third kappa shape index (κ3) is 2.83. The Morgan fingerprint density at radius 3 is 2.15 bits per heavy atom. The molecule has 0 saturated heterocycles. The van der Waals surface area contributed by atoms with Crippen molar-refractivity contribution in [3.8, 4) is 0 Å². The second-order valence-electron chi connectivity index (χ2n) is 15.7. The molecule has 0 spiro atoms. The van der Waals surface area contributed by atoms with E-state index in [0.717, 1.165) is 25.7 Å². The summed E-state index contributed by atoms with van der Waals surface area (Å²) in [4.78, 5) is 12.7. The number of aliphatic carboxylic acids is 1. The number of hydrogen-bond acceptors (Lipinski definition) is 2. The van der Waals surface area contributed by atoms with Gasteiger partial charge in [-0.2, -0.15) is 0 Å². The molecule has 0 heterocycles. The first-order valence-electron chi connectivity index (χ1n) is 14.1. The highest BCUT2D eigenvalue weighted by molar-refractivity contribution is 5.77. The van der Waals surface area contributed by atoms with Crippen LogP contribution in [0, 0.1) is 50.2 Å². The van der Waals surface area contributed by atoms with E-state index in [1.165, 1.54) is 32.1 Å². The molecular weight excluding hydrogens is 420 g/mol. The van der Waals surface area contributed by atoms with Gasteiger partial charge < -0.3 is 10.2 Å². The van der Waals surface area contributed by atoms with Crippen molar-refractivity contribution in [2.24, 2.45) is 50.2 Å². The minimum atomic E-state index is -1.16. The number of hydrogen-bond donors (Lipinski definition) is 2. The number of carbonyl (C=O) groups is 1. The van der Waals surface area contributed by atoms with Crippen molar-refractivity contribution in [2.75, 3.05) is 0 Å². The maximum atomic E-state index is 12.7. The topological polar surface area (TPSA) is 57.5 Å². The number of allylic oxidation sites excluding steroid dienone is 2. The van der Waals surface area contributed by atoms with Crippen LogP contribution in [0.3, 0.4) is 0 Å². The van der Waals surface area contributed by atoms with Crippen LogP contribution in [-0.2, 0) is 4.79 Å². The standard InChI is InChI=1S/C31H50O3/c1-25(2)13-14-26(3)15-17-28(5)20(21(26)19-25)9-10-22-27(4)16-18-30(7,34)31(8,24(32)33)23(27)11-12-29(22,28)6/h9,21-23,34H,10-19H2,1-8H3,(H,32,33)/t21-,22?,23?,26-,27-,28-,29-,30+,31+/m1/s1. The smallest absolute Gasteiger partial charge is 0.312 e. The molecule has 9 atom stereocenters. The van der Waals surface area contributed by atoms with Crippen molar-refractivity contribution >= 4 is 5.97 Å². The summed E-state index contributed by atoms with van der Waals surface area (Å²) in [5.41, 5.74) is 0.703. The fourth-order valence-electron chi connectivity index (χ4n) is 10.7. The molecule has 4 saturated carbocycles. The summed E-state index contributed by atoms with van der Waals surface area (Å²) in [6.07, 6.45) is 13.9. The average Bonchev–Trinajstić information content (AvgIpc) is 2.73. The van der Waals surface area contributed by atoms with E-state index in [0.29, 0.717) is 29.1 Å². The molecular formula is C31H50O3. The fraction of sp³-hybridized carbons (Fsp3) is 0.903. The van der Waals surface area contributed by atoms with Crippen LogP contribution in [0.1, 0.15) is 120 Å². The Balaban J connectivity index is 1.59. The lowest BCUT2D eigenvalue weighted by atomic mass is 9.33. The number of fused-ring (bicyclic) bond motifs is 7. The van der Waals surface area contributed by atoms with Crippen molar-refractivity contribution in [1.82, 2.24) is 0 Å². The summed E-state index contributed by atoms with van der Waals surface area (Å²) in [6, 6.07) is 0. The Bertz CT molecular complexity index is 931. The van der Waals surface area contributed by atoms with Crippen molar-refractivity contribution in [2.45, 2.75) is 125 Å². The second-order valence-corrected chi connectivity index (χ2v) is 15.7. The second kappa shape index (κ2) is 6.93. The highest BCUT2D eigenvalue weighted by Crippen LogP contribution is 2.76. The third-order valence-electron chi connectivity index (χ3n) is 13.7. The van der Waals surface area contributed by atoms with Crippen molar-refractivity contribution in [1.29, 1.82) is 0 Å². The van der Waals surface area contributed by atoms with Gasteiger partial charge in [0.15, 0.2) is 0 Å². The molecule has 0 aliphatic heterocycles.